The summed E-state index contributed by atoms with van der Waals surface area (Å²) < 4.78 is 5.58. The van der Waals surface area contributed by atoms with E-state index in [1.165, 1.54) is 38.5 Å². The van der Waals surface area contributed by atoms with E-state index in [1.807, 2.05) is 18.2 Å². The molecule has 4 bridgehead atoms. The molecule has 5 heteroatoms. The van der Waals surface area contributed by atoms with Gasteiger partial charge >= 0.3 is 0 Å². The fourth-order valence-electron chi connectivity index (χ4n) is 5.88. The molecule has 1 unspecified atom stereocenters. The van der Waals surface area contributed by atoms with Gasteiger partial charge in [0, 0.05) is 6.42 Å². The van der Waals surface area contributed by atoms with Crippen LogP contribution in [-0.2, 0) is 9.59 Å². The fourth-order valence-corrected chi connectivity index (χ4v) is 5.88. The molecule has 1 atom stereocenters. The molecule has 0 radical (unpaired) electrons. The Hall–Kier alpha value is -2.04. The van der Waals surface area contributed by atoms with Crippen molar-refractivity contribution in [3.05, 3.63) is 30.3 Å². The van der Waals surface area contributed by atoms with Gasteiger partial charge in [0.05, 0.1) is 0 Å². The van der Waals surface area contributed by atoms with Crippen molar-refractivity contribution in [1.82, 2.24) is 10.9 Å². The molecule has 140 valence electrons. The number of amides is 2. The average molecular weight is 356 g/mol. The number of carbonyl (C=O) groups is 2. The van der Waals surface area contributed by atoms with Crippen molar-refractivity contribution >= 4 is 11.8 Å². The van der Waals surface area contributed by atoms with E-state index in [4.69, 9.17) is 4.74 Å². The van der Waals surface area contributed by atoms with Crippen LogP contribution in [0.1, 0.15) is 51.9 Å². The lowest BCUT2D eigenvalue weighted by molar-refractivity contribution is -0.136. The number of ether oxygens (including phenoxy) is 1. The highest BCUT2D eigenvalue weighted by Crippen LogP contribution is 2.61. The Morgan fingerprint density at radius 3 is 2.19 bits per heavy atom. The topological polar surface area (TPSA) is 67.4 Å². The van der Waals surface area contributed by atoms with E-state index in [-0.39, 0.29) is 17.2 Å². The number of carbonyl (C=O) groups excluding carboxylic acids is 2. The summed E-state index contributed by atoms with van der Waals surface area (Å²) in [6.07, 6.45) is 7.53. The summed E-state index contributed by atoms with van der Waals surface area (Å²) in [6, 6.07) is 9.20. The molecule has 0 spiro atoms. The van der Waals surface area contributed by atoms with Gasteiger partial charge in [0.15, 0.2) is 6.10 Å². The second kappa shape index (κ2) is 6.93. The van der Waals surface area contributed by atoms with Crippen LogP contribution in [0.4, 0.5) is 0 Å². The number of hydrogen-bond donors (Lipinski definition) is 2. The van der Waals surface area contributed by atoms with Gasteiger partial charge in [-0.1, -0.05) is 18.2 Å². The van der Waals surface area contributed by atoms with Gasteiger partial charge in [-0.2, -0.15) is 0 Å². The molecule has 4 aliphatic carbocycles. The van der Waals surface area contributed by atoms with Gasteiger partial charge in [-0.15, -0.1) is 0 Å². The third-order valence-corrected chi connectivity index (χ3v) is 6.45. The molecule has 1 aromatic rings. The van der Waals surface area contributed by atoms with Gasteiger partial charge in [0.2, 0.25) is 5.91 Å². The number of nitrogens with one attached hydrogen (secondary N) is 2. The van der Waals surface area contributed by atoms with Crippen LogP contribution >= 0.6 is 0 Å². The SMILES string of the molecule is CC(Oc1ccccc1)C(=O)NNC(=O)CC12CC3CC(CC(C3)C1)C2. The molecule has 4 aliphatic rings. The van der Waals surface area contributed by atoms with Crippen LogP contribution in [0.25, 0.3) is 0 Å². The lowest BCUT2D eigenvalue weighted by atomic mass is 9.49. The van der Waals surface area contributed by atoms with E-state index in [9.17, 15) is 9.59 Å². The number of rotatable bonds is 5. The molecule has 4 fully saturated rings. The normalized spacial score (nSPS) is 32.7. The zero-order valence-corrected chi connectivity index (χ0v) is 15.4. The Balaban J connectivity index is 1.26. The smallest absolute Gasteiger partial charge is 0.279 e. The molecule has 5 nitrogen and oxygen atoms in total. The third-order valence-electron chi connectivity index (χ3n) is 6.45. The Labute approximate surface area is 154 Å². The summed E-state index contributed by atoms with van der Waals surface area (Å²) in [4.78, 5) is 24.6. The van der Waals surface area contributed by atoms with Crippen molar-refractivity contribution in [2.45, 2.75) is 58.0 Å². The molecule has 0 aliphatic heterocycles. The Morgan fingerprint density at radius 1 is 1.04 bits per heavy atom. The van der Waals surface area contributed by atoms with Crippen molar-refractivity contribution in [2.24, 2.45) is 23.2 Å². The lowest BCUT2D eigenvalue weighted by Gasteiger charge is -2.56. The van der Waals surface area contributed by atoms with Crippen LogP contribution in [0.2, 0.25) is 0 Å². The van der Waals surface area contributed by atoms with Crippen molar-refractivity contribution in [3.63, 3.8) is 0 Å². The van der Waals surface area contributed by atoms with Crippen molar-refractivity contribution < 1.29 is 14.3 Å². The molecule has 5 rings (SSSR count). The number of hydrogen-bond acceptors (Lipinski definition) is 3. The Bertz CT molecular complexity index is 638. The summed E-state index contributed by atoms with van der Waals surface area (Å²) in [6.45, 7) is 1.67. The molecule has 0 aromatic heterocycles. The molecular formula is C21H28N2O3. The molecule has 2 N–H and O–H groups in total. The number of para-hydroxylation sites is 1. The number of hydrazine groups is 1. The largest absolute Gasteiger partial charge is 0.481 e. The molecule has 0 heterocycles. The summed E-state index contributed by atoms with van der Waals surface area (Å²) in [5, 5.41) is 0. The summed E-state index contributed by atoms with van der Waals surface area (Å²) >= 11 is 0. The zero-order chi connectivity index (χ0) is 18.1. The van der Waals surface area contributed by atoms with Crippen molar-refractivity contribution in [1.29, 1.82) is 0 Å². The summed E-state index contributed by atoms with van der Waals surface area (Å²) in [5.41, 5.74) is 5.30. The van der Waals surface area contributed by atoms with Gasteiger partial charge in [0.1, 0.15) is 5.75 Å². The minimum absolute atomic E-state index is 0.0767. The first-order chi connectivity index (χ1) is 12.5. The second-order valence-corrected chi connectivity index (χ2v) is 8.70. The first-order valence-electron chi connectivity index (χ1n) is 9.82. The van der Waals surface area contributed by atoms with E-state index >= 15 is 0 Å². The monoisotopic (exact) mass is 356 g/mol. The van der Waals surface area contributed by atoms with Crippen molar-refractivity contribution in [2.75, 3.05) is 0 Å². The van der Waals surface area contributed by atoms with Gasteiger partial charge < -0.3 is 4.74 Å². The quantitative estimate of drug-likeness (QED) is 0.796. The summed E-state index contributed by atoms with van der Waals surface area (Å²) in [5.74, 6) is 2.68. The fraction of sp³-hybridized carbons (Fsp3) is 0.619. The standard InChI is InChI=1S/C21H28N2O3/c1-14(26-18-5-3-2-4-6-18)20(25)23-22-19(24)13-21-10-15-7-16(11-21)9-17(8-15)12-21/h2-6,14-17H,7-13H2,1H3,(H,22,24)(H,23,25). The lowest BCUT2D eigenvalue weighted by Crippen LogP contribution is -2.51. The Morgan fingerprint density at radius 2 is 1.62 bits per heavy atom. The van der Waals surface area contributed by atoms with Crippen molar-refractivity contribution in [3.8, 4) is 5.75 Å². The minimum Gasteiger partial charge on any atom is -0.481 e. The van der Waals surface area contributed by atoms with Crippen LogP contribution in [0.15, 0.2) is 30.3 Å². The van der Waals surface area contributed by atoms with Crippen LogP contribution < -0.4 is 15.6 Å². The first kappa shape index (κ1) is 17.4. The highest BCUT2D eigenvalue weighted by Gasteiger charge is 2.51. The van der Waals surface area contributed by atoms with Crippen LogP contribution in [0, 0.1) is 23.2 Å². The van der Waals surface area contributed by atoms with Gasteiger partial charge in [-0.05, 0) is 80.8 Å². The van der Waals surface area contributed by atoms with Crippen LogP contribution in [-0.4, -0.2) is 17.9 Å². The van der Waals surface area contributed by atoms with E-state index < -0.39 is 6.10 Å². The molecule has 4 saturated carbocycles. The van der Waals surface area contributed by atoms with Gasteiger partial charge in [-0.3, -0.25) is 20.4 Å². The van der Waals surface area contributed by atoms with E-state index in [1.54, 1.807) is 19.1 Å². The molecule has 1 aromatic carbocycles. The van der Waals surface area contributed by atoms with E-state index in [2.05, 4.69) is 10.9 Å². The molecule has 2 amide bonds. The summed E-state index contributed by atoms with van der Waals surface area (Å²) in [7, 11) is 0. The predicted molar refractivity (Wildman–Crippen MR) is 98.0 cm³/mol. The number of benzene rings is 1. The predicted octanol–water partition coefficient (Wildman–Crippen LogP) is 3.21. The maximum atomic E-state index is 12.4. The third kappa shape index (κ3) is 3.71. The van der Waals surface area contributed by atoms with Gasteiger partial charge in [-0.25, -0.2) is 0 Å². The van der Waals surface area contributed by atoms with E-state index in [0.29, 0.717) is 12.2 Å². The molecular weight excluding hydrogens is 328 g/mol. The van der Waals surface area contributed by atoms with Crippen LogP contribution in [0.5, 0.6) is 5.75 Å². The average Bonchev–Trinajstić information content (AvgIpc) is 2.59. The minimum atomic E-state index is -0.669. The molecule has 0 saturated heterocycles. The van der Waals surface area contributed by atoms with Gasteiger partial charge in [0.25, 0.3) is 5.91 Å². The van der Waals surface area contributed by atoms with E-state index in [0.717, 1.165) is 17.8 Å². The highest BCUT2D eigenvalue weighted by molar-refractivity contribution is 5.84. The zero-order valence-electron chi connectivity index (χ0n) is 15.4. The maximum Gasteiger partial charge on any atom is 0.279 e. The highest BCUT2D eigenvalue weighted by atomic mass is 16.5. The second-order valence-electron chi connectivity index (χ2n) is 8.70. The first-order valence-corrected chi connectivity index (χ1v) is 9.82. The van der Waals surface area contributed by atoms with Crippen LogP contribution in [0.3, 0.4) is 0 Å². The maximum absolute atomic E-state index is 12.4. The molecule has 26 heavy (non-hydrogen) atoms. The Kier molecular flexibility index (Phi) is 4.63.